The predicted octanol–water partition coefficient (Wildman–Crippen LogP) is 1.25. The maximum atomic E-state index is 12.2. The summed E-state index contributed by atoms with van der Waals surface area (Å²) in [7, 11) is 0. The van der Waals surface area contributed by atoms with E-state index >= 15 is 0 Å². The van der Waals surface area contributed by atoms with Gasteiger partial charge in [-0.15, -0.1) is 0 Å². The zero-order valence-corrected chi connectivity index (χ0v) is 9.73. The van der Waals surface area contributed by atoms with Crippen molar-refractivity contribution in [2.75, 3.05) is 12.3 Å². The lowest BCUT2D eigenvalue weighted by Gasteiger charge is -2.24. The molecule has 3 N–H and O–H groups in total. The molecule has 0 aliphatic heterocycles. The Bertz CT molecular complexity index is 381. The van der Waals surface area contributed by atoms with Crippen LogP contribution < -0.4 is 5.73 Å². The van der Waals surface area contributed by atoms with Crippen molar-refractivity contribution in [1.82, 2.24) is 15.1 Å². The number of nitrogens with two attached hydrogens (primary N) is 1. The average molecular weight is 222 g/mol. The van der Waals surface area contributed by atoms with Crippen LogP contribution in [0.5, 0.6) is 0 Å². The van der Waals surface area contributed by atoms with Crippen LogP contribution in [0.2, 0.25) is 0 Å². The maximum Gasteiger partial charge on any atom is 0.259 e. The van der Waals surface area contributed by atoms with Crippen LogP contribution in [0.3, 0.4) is 0 Å². The Morgan fingerprint density at radius 2 is 2.38 bits per heavy atom. The molecule has 0 bridgehead atoms. The molecule has 0 aromatic carbocycles. The summed E-state index contributed by atoms with van der Waals surface area (Å²) in [5.74, 6) is 0.833. The highest BCUT2D eigenvalue weighted by atomic mass is 16.2. The van der Waals surface area contributed by atoms with Crippen LogP contribution in [0, 0.1) is 5.92 Å². The summed E-state index contributed by atoms with van der Waals surface area (Å²) in [5, 5.41) is 6.38. The van der Waals surface area contributed by atoms with E-state index in [1.54, 1.807) is 0 Å². The van der Waals surface area contributed by atoms with Gasteiger partial charge in [0.25, 0.3) is 5.91 Å². The number of aromatic nitrogens is 2. The van der Waals surface area contributed by atoms with Crippen LogP contribution in [-0.2, 0) is 0 Å². The second kappa shape index (κ2) is 4.15. The van der Waals surface area contributed by atoms with Gasteiger partial charge in [0.15, 0.2) is 0 Å². The van der Waals surface area contributed by atoms with Gasteiger partial charge in [0, 0.05) is 12.6 Å². The van der Waals surface area contributed by atoms with Gasteiger partial charge < -0.3 is 10.6 Å². The van der Waals surface area contributed by atoms with Crippen molar-refractivity contribution in [3.05, 3.63) is 11.8 Å². The molecule has 0 saturated heterocycles. The molecule has 0 unspecified atom stereocenters. The molecule has 1 aromatic rings. The molecule has 1 aliphatic carbocycles. The Kier molecular flexibility index (Phi) is 2.85. The minimum Gasteiger partial charge on any atom is -0.383 e. The maximum absolute atomic E-state index is 12.2. The number of nitrogens with zero attached hydrogens (tertiary/aromatic N) is 2. The Labute approximate surface area is 95.0 Å². The van der Waals surface area contributed by atoms with Gasteiger partial charge in [-0.1, -0.05) is 13.8 Å². The molecule has 1 heterocycles. The van der Waals surface area contributed by atoms with Crippen molar-refractivity contribution in [2.24, 2.45) is 5.92 Å². The second-order valence-corrected chi connectivity index (χ2v) is 4.78. The molecule has 1 aliphatic rings. The molecule has 16 heavy (non-hydrogen) atoms. The topological polar surface area (TPSA) is 75.0 Å². The van der Waals surface area contributed by atoms with Crippen LogP contribution >= 0.6 is 0 Å². The number of aromatic amines is 1. The Morgan fingerprint density at radius 1 is 1.69 bits per heavy atom. The SMILES string of the molecule is CC(C)CN(C(=O)c1cn[nH]c1N)C1CC1. The van der Waals surface area contributed by atoms with Crippen molar-refractivity contribution in [3.8, 4) is 0 Å². The van der Waals surface area contributed by atoms with Gasteiger partial charge in [0.2, 0.25) is 0 Å². The summed E-state index contributed by atoms with van der Waals surface area (Å²) in [5.41, 5.74) is 6.16. The van der Waals surface area contributed by atoms with Crippen molar-refractivity contribution in [1.29, 1.82) is 0 Å². The van der Waals surface area contributed by atoms with E-state index < -0.39 is 0 Å². The molecule has 0 spiro atoms. The summed E-state index contributed by atoms with van der Waals surface area (Å²) in [4.78, 5) is 14.2. The van der Waals surface area contributed by atoms with Gasteiger partial charge >= 0.3 is 0 Å². The highest BCUT2D eigenvalue weighted by Gasteiger charge is 2.34. The van der Waals surface area contributed by atoms with Crippen molar-refractivity contribution in [3.63, 3.8) is 0 Å². The molecular weight excluding hydrogens is 204 g/mol. The number of carbonyl (C=O) groups excluding carboxylic acids is 1. The molecule has 1 saturated carbocycles. The summed E-state index contributed by atoms with van der Waals surface area (Å²) < 4.78 is 0. The quantitative estimate of drug-likeness (QED) is 0.805. The fraction of sp³-hybridized carbons (Fsp3) is 0.636. The monoisotopic (exact) mass is 222 g/mol. The molecule has 2 rings (SSSR count). The highest BCUT2D eigenvalue weighted by molar-refractivity contribution is 5.98. The zero-order valence-electron chi connectivity index (χ0n) is 9.73. The van der Waals surface area contributed by atoms with Gasteiger partial charge in [0.1, 0.15) is 11.4 Å². The van der Waals surface area contributed by atoms with Gasteiger partial charge in [-0.2, -0.15) is 5.10 Å². The fourth-order valence-electron chi connectivity index (χ4n) is 1.80. The molecule has 5 nitrogen and oxygen atoms in total. The van der Waals surface area contributed by atoms with Crippen LogP contribution in [0.4, 0.5) is 5.82 Å². The van der Waals surface area contributed by atoms with E-state index in [4.69, 9.17) is 5.73 Å². The largest absolute Gasteiger partial charge is 0.383 e. The van der Waals surface area contributed by atoms with Crippen molar-refractivity contribution < 1.29 is 4.79 Å². The third-order valence-electron chi connectivity index (χ3n) is 2.71. The molecule has 0 atom stereocenters. The van der Waals surface area contributed by atoms with Crippen molar-refractivity contribution >= 4 is 11.7 Å². The van der Waals surface area contributed by atoms with Crippen LogP contribution in [0.1, 0.15) is 37.0 Å². The van der Waals surface area contributed by atoms with E-state index in [9.17, 15) is 4.79 Å². The molecule has 88 valence electrons. The van der Waals surface area contributed by atoms with E-state index in [-0.39, 0.29) is 5.91 Å². The standard InChI is InChI=1S/C11H18N4O/c1-7(2)6-15(8-3-4-8)11(16)9-5-13-14-10(9)12/h5,7-8H,3-4,6H2,1-2H3,(H3,12,13,14). The molecule has 1 aromatic heterocycles. The lowest BCUT2D eigenvalue weighted by atomic mass is 10.2. The minimum absolute atomic E-state index is 0.00227. The predicted molar refractivity (Wildman–Crippen MR) is 61.9 cm³/mol. The Balaban J connectivity index is 2.14. The third-order valence-corrected chi connectivity index (χ3v) is 2.71. The van der Waals surface area contributed by atoms with Crippen molar-refractivity contribution in [2.45, 2.75) is 32.7 Å². The molecule has 0 radical (unpaired) electrons. The van der Waals surface area contributed by atoms with Crippen LogP contribution in [0.15, 0.2) is 6.20 Å². The van der Waals surface area contributed by atoms with Gasteiger partial charge in [-0.3, -0.25) is 9.89 Å². The number of hydrogen-bond donors (Lipinski definition) is 2. The number of nitrogens with one attached hydrogen (secondary N) is 1. The van der Waals surface area contributed by atoms with Crippen LogP contribution in [-0.4, -0.2) is 33.6 Å². The first-order chi connectivity index (χ1) is 7.59. The number of hydrogen-bond acceptors (Lipinski definition) is 3. The van der Waals surface area contributed by atoms with E-state index in [1.165, 1.54) is 6.20 Å². The number of carbonyl (C=O) groups is 1. The smallest absolute Gasteiger partial charge is 0.259 e. The summed E-state index contributed by atoms with van der Waals surface area (Å²) >= 11 is 0. The first-order valence-corrected chi connectivity index (χ1v) is 5.69. The lowest BCUT2D eigenvalue weighted by molar-refractivity contribution is 0.0723. The first-order valence-electron chi connectivity index (χ1n) is 5.69. The summed E-state index contributed by atoms with van der Waals surface area (Å²) in [6, 6.07) is 0.407. The number of anilines is 1. The Hall–Kier alpha value is -1.52. The number of nitrogen functional groups attached to an aromatic ring is 1. The van der Waals surface area contributed by atoms with E-state index in [2.05, 4.69) is 24.0 Å². The first kappa shape index (κ1) is 11.0. The second-order valence-electron chi connectivity index (χ2n) is 4.78. The third kappa shape index (κ3) is 2.18. The zero-order chi connectivity index (χ0) is 11.7. The normalized spacial score (nSPS) is 15.4. The summed E-state index contributed by atoms with van der Waals surface area (Å²) in [6.07, 6.45) is 3.72. The lowest BCUT2D eigenvalue weighted by Crippen LogP contribution is -2.36. The number of rotatable bonds is 4. The van der Waals surface area contributed by atoms with E-state index in [0.717, 1.165) is 19.4 Å². The highest BCUT2D eigenvalue weighted by Crippen LogP contribution is 2.29. The molecule has 1 amide bonds. The van der Waals surface area contributed by atoms with Gasteiger partial charge in [-0.25, -0.2) is 0 Å². The average Bonchev–Trinajstić information content (AvgIpc) is 2.97. The fourth-order valence-corrected chi connectivity index (χ4v) is 1.80. The van der Waals surface area contributed by atoms with E-state index in [0.29, 0.717) is 23.3 Å². The van der Waals surface area contributed by atoms with Crippen LogP contribution in [0.25, 0.3) is 0 Å². The molecule has 5 heteroatoms. The molecule has 1 fully saturated rings. The molecular formula is C11H18N4O. The van der Waals surface area contributed by atoms with Gasteiger partial charge in [0.05, 0.1) is 6.20 Å². The summed E-state index contributed by atoms with van der Waals surface area (Å²) in [6.45, 7) is 5.01. The van der Waals surface area contributed by atoms with Gasteiger partial charge in [-0.05, 0) is 18.8 Å². The Morgan fingerprint density at radius 3 is 2.81 bits per heavy atom. The van der Waals surface area contributed by atoms with E-state index in [1.807, 2.05) is 4.90 Å². The number of H-pyrrole nitrogens is 1. The minimum atomic E-state index is 0.00227. The number of amides is 1.